The number of alkyl halides is 3. The van der Waals surface area contributed by atoms with Crippen LogP contribution in [0.5, 0.6) is 0 Å². The predicted molar refractivity (Wildman–Crippen MR) is 67.9 cm³/mol. The minimum absolute atomic E-state index is 0.291. The second kappa shape index (κ2) is 6.11. The molecular formula is C13H15F3N2O3. The second-order valence-corrected chi connectivity index (χ2v) is 5.38. The molecule has 1 aromatic rings. The van der Waals surface area contributed by atoms with Crippen molar-refractivity contribution in [2.75, 3.05) is 0 Å². The third-order valence-corrected chi connectivity index (χ3v) is 2.21. The van der Waals surface area contributed by atoms with E-state index in [-0.39, 0.29) is 0 Å². The van der Waals surface area contributed by atoms with Crippen molar-refractivity contribution in [3.63, 3.8) is 0 Å². The highest BCUT2D eigenvalue weighted by molar-refractivity contribution is 5.96. The molecule has 0 unspecified atom stereocenters. The number of carbonyl (C=O) groups excluding carboxylic acids is 2. The van der Waals surface area contributed by atoms with Crippen LogP contribution in [0.3, 0.4) is 0 Å². The van der Waals surface area contributed by atoms with Crippen molar-refractivity contribution >= 4 is 18.0 Å². The van der Waals surface area contributed by atoms with E-state index in [1.807, 2.05) is 0 Å². The predicted octanol–water partition coefficient (Wildman–Crippen LogP) is 2.57. The van der Waals surface area contributed by atoms with Gasteiger partial charge in [-0.1, -0.05) is 0 Å². The van der Waals surface area contributed by atoms with Gasteiger partial charge in [-0.3, -0.25) is 9.48 Å². The van der Waals surface area contributed by atoms with E-state index in [0.29, 0.717) is 10.2 Å². The Bertz CT molecular complexity index is 554. The molecule has 0 radical (unpaired) electrons. The van der Waals surface area contributed by atoms with Crippen LogP contribution in [0.2, 0.25) is 0 Å². The summed E-state index contributed by atoms with van der Waals surface area (Å²) >= 11 is 0. The van der Waals surface area contributed by atoms with E-state index >= 15 is 0 Å². The van der Waals surface area contributed by atoms with Crippen LogP contribution < -0.4 is 0 Å². The summed E-state index contributed by atoms with van der Waals surface area (Å²) in [5, 5.41) is 3.51. The van der Waals surface area contributed by atoms with Gasteiger partial charge in [0, 0.05) is 17.8 Å². The van der Waals surface area contributed by atoms with Crippen LogP contribution in [-0.4, -0.2) is 27.9 Å². The Morgan fingerprint density at radius 3 is 2.48 bits per heavy atom. The highest BCUT2D eigenvalue weighted by Gasteiger charge is 2.28. The van der Waals surface area contributed by atoms with Crippen molar-refractivity contribution in [1.82, 2.24) is 9.78 Å². The third kappa shape index (κ3) is 6.24. The van der Waals surface area contributed by atoms with Crippen LogP contribution >= 0.6 is 0 Å². The average Bonchev–Trinajstić information content (AvgIpc) is 2.70. The first kappa shape index (κ1) is 16.9. The maximum atomic E-state index is 12.1. The van der Waals surface area contributed by atoms with Gasteiger partial charge < -0.3 is 4.74 Å². The molecule has 0 aliphatic carbocycles. The molecule has 21 heavy (non-hydrogen) atoms. The molecule has 0 aliphatic rings. The molecular weight excluding hydrogens is 289 g/mol. The Kier molecular flexibility index (Phi) is 4.93. The van der Waals surface area contributed by atoms with Crippen LogP contribution in [-0.2, 0) is 20.9 Å². The number of hydrogen-bond acceptors (Lipinski definition) is 4. The van der Waals surface area contributed by atoms with Crippen LogP contribution in [0.1, 0.15) is 26.3 Å². The Morgan fingerprint density at radius 2 is 1.95 bits per heavy atom. The molecule has 0 spiro atoms. The lowest BCUT2D eigenvalue weighted by Gasteiger charge is -2.14. The SMILES string of the molecule is CC(C)(C)C(=O)OC(=O)/C=C/c1cnn(CC(F)(F)F)c1. The van der Waals surface area contributed by atoms with Gasteiger partial charge in [-0.15, -0.1) is 0 Å². The molecule has 0 saturated heterocycles. The monoisotopic (exact) mass is 304 g/mol. The molecule has 0 saturated carbocycles. The highest BCUT2D eigenvalue weighted by Crippen LogP contribution is 2.17. The van der Waals surface area contributed by atoms with Gasteiger partial charge in [-0.25, -0.2) is 4.79 Å². The Hall–Kier alpha value is -2.12. The van der Waals surface area contributed by atoms with E-state index in [2.05, 4.69) is 9.84 Å². The fourth-order valence-corrected chi connectivity index (χ4v) is 1.18. The van der Waals surface area contributed by atoms with Gasteiger partial charge in [0.1, 0.15) is 6.54 Å². The Labute approximate surface area is 119 Å². The zero-order chi connectivity index (χ0) is 16.3. The van der Waals surface area contributed by atoms with Gasteiger partial charge in [0.25, 0.3) is 0 Å². The van der Waals surface area contributed by atoms with Gasteiger partial charge in [-0.05, 0) is 26.8 Å². The molecule has 1 rings (SSSR count). The fourth-order valence-electron chi connectivity index (χ4n) is 1.18. The van der Waals surface area contributed by atoms with E-state index < -0.39 is 30.1 Å². The van der Waals surface area contributed by atoms with E-state index in [1.165, 1.54) is 12.3 Å². The van der Waals surface area contributed by atoms with Crippen LogP contribution in [0.15, 0.2) is 18.5 Å². The molecule has 8 heteroatoms. The molecule has 5 nitrogen and oxygen atoms in total. The average molecular weight is 304 g/mol. The molecule has 0 aromatic carbocycles. The number of carbonyl (C=O) groups is 2. The van der Waals surface area contributed by atoms with Crippen LogP contribution in [0, 0.1) is 5.41 Å². The molecule has 1 aromatic heterocycles. The third-order valence-electron chi connectivity index (χ3n) is 2.21. The van der Waals surface area contributed by atoms with Crippen molar-refractivity contribution in [1.29, 1.82) is 0 Å². The maximum Gasteiger partial charge on any atom is 0.408 e. The van der Waals surface area contributed by atoms with Gasteiger partial charge in [-0.2, -0.15) is 18.3 Å². The minimum Gasteiger partial charge on any atom is -0.389 e. The minimum atomic E-state index is -4.37. The fraction of sp³-hybridized carbons (Fsp3) is 0.462. The van der Waals surface area contributed by atoms with E-state index in [9.17, 15) is 22.8 Å². The van der Waals surface area contributed by atoms with E-state index in [1.54, 1.807) is 20.8 Å². The number of hydrogen-bond donors (Lipinski definition) is 0. The van der Waals surface area contributed by atoms with Crippen LogP contribution in [0.25, 0.3) is 6.08 Å². The summed E-state index contributed by atoms with van der Waals surface area (Å²) < 4.78 is 41.6. The van der Waals surface area contributed by atoms with Gasteiger partial charge >= 0.3 is 18.1 Å². The smallest absolute Gasteiger partial charge is 0.389 e. The molecule has 0 atom stereocenters. The largest absolute Gasteiger partial charge is 0.408 e. The van der Waals surface area contributed by atoms with Crippen molar-refractivity contribution in [2.45, 2.75) is 33.5 Å². The summed E-state index contributed by atoms with van der Waals surface area (Å²) in [5.74, 6) is -1.58. The number of nitrogens with zero attached hydrogens (tertiary/aromatic N) is 2. The summed E-state index contributed by atoms with van der Waals surface area (Å²) in [6, 6.07) is 0. The van der Waals surface area contributed by atoms with Gasteiger partial charge in [0.15, 0.2) is 0 Å². The Balaban J connectivity index is 2.61. The van der Waals surface area contributed by atoms with Crippen molar-refractivity contribution < 1.29 is 27.5 Å². The zero-order valence-corrected chi connectivity index (χ0v) is 11.8. The van der Waals surface area contributed by atoms with Crippen molar-refractivity contribution in [3.8, 4) is 0 Å². The van der Waals surface area contributed by atoms with Crippen molar-refractivity contribution in [2.24, 2.45) is 5.41 Å². The summed E-state index contributed by atoms with van der Waals surface area (Å²) in [6.07, 6.45) is 0.103. The summed E-state index contributed by atoms with van der Waals surface area (Å²) in [5.41, 5.74) is -0.527. The lowest BCUT2D eigenvalue weighted by atomic mass is 9.97. The normalized spacial score (nSPS) is 12.7. The van der Waals surface area contributed by atoms with E-state index in [0.717, 1.165) is 12.3 Å². The number of halogens is 3. The van der Waals surface area contributed by atoms with Gasteiger partial charge in [0.05, 0.1) is 11.6 Å². The molecule has 0 aliphatic heterocycles. The van der Waals surface area contributed by atoms with Gasteiger partial charge in [0.2, 0.25) is 0 Å². The molecule has 116 valence electrons. The van der Waals surface area contributed by atoms with Crippen molar-refractivity contribution in [3.05, 3.63) is 24.0 Å². The molecule has 0 amide bonds. The van der Waals surface area contributed by atoms with E-state index in [4.69, 9.17) is 0 Å². The zero-order valence-electron chi connectivity index (χ0n) is 11.8. The number of aromatic nitrogens is 2. The topological polar surface area (TPSA) is 61.2 Å². The number of rotatable bonds is 3. The first-order valence-corrected chi connectivity index (χ1v) is 6.01. The second-order valence-electron chi connectivity index (χ2n) is 5.38. The number of esters is 2. The van der Waals surface area contributed by atoms with Crippen LogP contribution in [0.4, 0.5) is 13.2 Å². The lowest BCUT2D eigenvalue weighted by molar-refractivity contribution is -0.162. The quantitative estimate of drug-likeness (QED) is 0.489. The summed E-state index contributed by atoms with van der Waals surface area (Å²) in [7, 11) is 0. The number of ether oxygens (including phenoxy) is 1. The Morgan fingerprint density at radius 1 is 1.33 bits per heavy atom. The molecule has 1 heterocycles. The summed E-state index contributed by atoms with van der Waals surface area (Å²) in [6.45, 7) is 3.56. The highest BCUT2D eigenvalue weighted by atomic mass is 19.4. The maximum absolute atomic E-state index is 12.1. The standard InChI is InChI=1S/C13H15F3N2O3/c1-12(2,3)11(20)21-10(19)5-4-9-6-17-18(7-9)8-13(14,15)16/h4-7H,8H2,1-3H3/b5-4+. The molecule has 0 bridgehead atoms. The summed E-state index contributed by atoms with van der Waals surface area (Å²) in [4.78, 5) is 22.8. The first-order chi connectivity index (χ1) is 9.47. The molecule has 0 fully saturated rings. The molecule has 0 N–H and O–H groups in total. The first-order valence-electron chi connectivity index (χ1n) is 6.01. The lowest BCUT2D eigenvalue weighted by Crippen LogP contribution is -2.25.